The van der Waals surface area contributed by atoms with Crippen LogP contribution in [-0.4, -0.2) is 10.7 Å². The molecule has 2 heterocycles. The van der Waals surface area contributed by atoms with Crippen LogP contribution in [0.25, 0.3) is 0 Å². The third-order valence-electron chi connectivity index (χ3n) is 3.22. The molecule has 2 unspecified atom stereocenters. The van der Waals surface area contributed by atoms with Crippen molar-refractivity contribution < 1.29 is 0 Å². The molecule has 1 aromatic rings. The number of para-hydroxylation sites is 2. The molecule has 0 aliphatic carbocycles. The van der Waals surface area contributed by atoms with Crippen molar-refractivity contribution in [2.24, 2.45) is 16.6 Å². The largest absolute Gasteiger partial charge is 0.387 e. The fourth-order valence-electron chi connectivity index (χ4n) is 2.45. The molecule has 0 saturated heterocycles. The maximum atomic E-state index is 6.13. The lowest BCUT2D eigenvalue weighted by molar-refractivity contribution is 0.662. The van der Waals surface area contributed by atoms with E-state index in [1.807, 2.05) is 36.0 Å². The number of benzene rings is 1. The average Bonchev–Trinajstić information content (AvgIpc) is 2.51. The van der Waals surface area contributed by atoms with Gasteiger partial charge >= 0.3 is 0 Å². The van der Waals surface area contributed by atoms with E-state index in [0.29, 0.717) is 5.84 Å². The normalized spacial score (nSPS) is 30.6. The molecular formula is C13H15N3S. The number of aliphatic imine (C=N–C) groups is 1. The lowest BCUT2D eigenvalue weighted by Gasteiger charge is -2.30. The van der Waals surface area contributed by atoms with Crippen LogP contribution >= 0.6 is 11.8 Å². The molecule has 0 spiro atoms. The minimum Gasteiger partial charge on any atom is -0.387 e. The first-order chi connectivity index (χ1) is 8.08. The molecule has 0 fully saturated rings. The van der Waals surface area contributed by atoms with Crippen LogP contribution in [0.1, 0.15) is 13.8 Å². The molecule has 0 saturated carbocycles. The van der Waals surface area contributed by atoms with Crippen molar-refractivity contribution in [3.8, 4) is 0 Å². The number of allylic oxidation sites excluding steroid dienone is 1. The van der Waals surface area contributed by atoms with E-state index in [1.54, 1.807) is 0 Å². The highest BCUT2D eigenvalue weighted by atomic mass is 32.2. The summed E-state index contributed by atoms with van der Waals surface area (Å²) in [7, 11) is 0. The number of hydrogen-bond donors (Lipinski definition) is 2. The van der Waals surface area contributed by atoms with E-state index in [4.69, 9.17) is 5.73 Å². The van der Waals surface area contributed by atoms with Crippen LogP contribution in [0.4, 0.5) is 11.4 Å². The standard InChI is InChI=1S/C13H15N3S/c1-8-7-9-12(14)15-10-5-3-4-6-11(10)16-13(9,2)17-8/h3-7,9,16H,1-2H3,(H2,14,15). The number of hydrogen-bond acceptors (Lipinski definition) is 4. The number of nitrogens with two attached hydrogens (primary N) is 1. The number of thioether (sulfide) groups is 1. The van der Waals surface area contributed by atoms with Gasteiger partial charge in [-0.15, -0.1) is 11.8 Å². The zero-order valence-electron chi connectivity index (χ0n) is 9.90. The van der Waals surface area contributed by atoms with E-state index in [-0.39, 0.29) is 10.8 Å². The van der Waals surface area contributed by atoms with Crippen molar-refractivity contribution in [2.75, 3.05) is 5.32 Å². The van der Waals surface area contributed by atoms with Crippen molar-refractivity contribution >= 4 is 29.0 Å². The predicted octanol–water partition coefficient (Wildman–Crippen LogP) is 3.08. The van der Waals surface area contributed by atoms with E-state index in [1.165, 1.54) is 4.91 Å². The fourth-order valence-corrected chi connectivity index (χ4v) is 3.80. The number of fused-ring (bicyclic) bond motifs is 2. The highest BCUT2D eigenvalue weighted by molar-refractivity contribution is 8.04. The smallest absolute Gasteiger partial charge is 0.110 e. The number of nitrogens with one attached hydrogen (secondary N) is 1. The van der Waals surface area contributed by atoms with Crippen LogP contribution in [0.2, 0.25) is 0 Å². The van der Waals surface area contributed by atoms with Gasteiger partial charge in [0.2, 0.25) is 0 Å². The van der Waals surface area contributed by atoms with Gasteiger partial charge in [0.25, 0.3) is 0 Å². The molecule has 88 valence electrons. The molecule has 2 atom stereocenters. The Morgan fingerprint density at radius 2 is 2.18 bits per heavy atom. The lowest BCUT2D eigenvalue weighted by atomic mass is 9.99. The van der Waals surface area contributed by atoms with E-state index in [0.717, 1.165) is 11.4 Å². The fraction of sp³-hybridized carbons (Fsp3) is 0.308. The van der Waals surface area contributed by atoms with Crippen molar-refractivity contribution in [2.45, 2.75) is 18.7 Å². The molecule has 3 rings (SSSR count). The van der Waals surface area contributed by atoms with E-state index in [2.05, 4.69) is 30.2 Å². The van der Waals surface area contributed by atoms with Crippen molar-refractivity contribution in [1.82, 2.24) is 0 Å². The number of amidine groups is 1. The van der Waals surface area contributed by atoms with Gasteiger partial charge in [-0.2, -0.15) is 0 Å². The van der Waals surface area contributed by atoms with Crippen molar-refractivity contribution in [1.29, 1.82) is 0 Å². The van der Waals surface area contributed by atoms with E-state index in [9.17, 15) is 0 Å². The van der Waals surface area contributed by atoms with Crippen molar-refractivity contribution in [3.05, 3.63) is 35.2 Å². The summed E-state index contributed by atoms with van der Waals surface area (Å²) in [4.78, 5) is 5.71. The second kappa shape index (κ2) is 3.53. The van der Waals surface area contributed by atoms with Gasteiger partial charge < -0.3 is 11.1 Å². The molecule has 2 aliphatic heterocycles. The van der Waals surface area contributed by atoms with Gasteiger partial charge in [0.15, 0.2) is 0 Å². The zero-order valence-corrected chi connectivity index (χ0v) is 10.7. The summed E-state index contributed by atoms with van der Waals surface area (Å²) in [6.07, 6.45) is 2.20. The minimum atomic E-state index is -0.121. The lowest BCUT2D eigenvalue weighted by Crippen LogP contribution is -2.41. The summed E-state index contributed by atoms with van der Waals surface area (Å²) in [6, 6.07) is 8.03. The predicted molar refractivity (Wildman–Crippen MR) is 74.6 cm³/mol. The monoisotopic (exact) mass is 245 g/mol. The van der Waals surface area contributed by atoms with Crippen LogP contribution in [0.3, 0.4) is 0 Å². The number of rotatable bonds is 0. The second-order valence-corrected chi connectivity index (χ2v) is 6.34. The molecule has 0 amide bonds. The third-order valence-corrected chi connectivity index (χ3v) is 4.46. The summed E-state index contributed by atoms with van der Waals surface area (Å²) in [5.41, 5.74) is 8.11. The zero-order chi connectivity index (χ0) is 12.0. The quantitative estimate of drug-likeness (QED) is 0.738. The SMILES string of the molecule is CC1=CC2C(N)=Nc3ccccc3NC2(C)S1. The highest BCUT2D eigenvalue weighted by Crippen LogP contribution is 2.48. The van der Waals surface area contributed by atoms with Gasteiger partial charge in [0.05, 0.1) is 22.2 Å². The van der Waals surface area contributed by atoms with Gasteiger partial charge in [-0.3, -0.25) is 0 Å². The molecular weight excluding hydrogens is 230 g/mol. The maximum Gasteiger partial charge on any atom is 0.110 e. The molecule has 17 heavy (non-hydrogen) atoms. The molecule has 3 N–H and O–H groups in total. The summed E-state index contributed by atoms with van der Waals surface area (Å²) < 4.78 is 0. The van der Waals surface area contributed by atoms with Gasteiger partial charge in [-0.05, 0) is 30.9 Å². The number of nitrogens with zero attached hydrogens (tertiary/aromatic N) is 1. The van der Waals surface area contributed by atoms with Crippen LogP contribution in [-0.2, 0) is 0 Å². The van der Waals surface area contributed by atoms with Gasteiger partial charge in [-0.1, -0.05) is 18.2 Å². The molecule has 1 aromatic carbocycles. The average molecular weight is 245 g/mol. The van der Waals surface area contributed by atoms with Crippen LogP contribution in [0.5, 0.6) is 0 Å². The summed E-state index contributed by atoms with van der Waals surface area (Å²) in [6.45, 7) is 4.30. The first-order valence-corrected chi connectivity index (χ1v) is 6.49. The molecule has 0 aromatic heterocycles. The molecule has 3 nitrogen and oxygen atoms in total. The molecule has 0 radical (unpaired) electrons. The second-order valence-electron chi connectivity index (χ2n) is 4.64. The van der Waals surface area contributed by atoms with Gasteiger partial charge in [0, 0.05) is 0 Å². The van der Waals surface area contributed by atoms with Crippen LogP contribution in [0, 0.1) is 5.92 Å². The Morgan fingerprint density at radius 3 is 3.00 bits per heavy atom. The first kappa shape index (κ1) is 10.7. The minimum absolute atomic E-state index is 0.121. The maximum absolute atomic E-state index is 6.13. The van der Waals surface area contributed by atoms with E-state index < -0.39 is 0 Å². The molecule has 2 aliphatic rings. The Kier molecular flexibility index (Phi) is 2.23. The first-order valence-electron chi connectivity index (χ1n) is 5.67. The molecule has 0 bridgehead atoms. The highest BCUT2D eigenvalue weighted by Gasteiger charge is 2.42. The van der Waals surface area contributed by atoms with Gasteiger partial charge in [-0.25, -0.2) is 4.99 Å². The summed E-state index contributed by atoms with van der Waals surface area (Å²) in [5.74, 6) is 0.842. The third kappa shape index (κ3) is 1.63. The summed E-state index contributed by atoms with van der Waals surface area (Å²) >= 11 is 1.82. The Balaban J connectivity index is 2.14. The Bertz CT molecular complexity index is 535. The topological polar surface area (TPSA) is 50.4 Å². The Morgan fingerprint density at radius 1 is 1.41 bits per heavy atom. The molecule has 4 heteroatoms. The number of anilines is 1. The Labute approximate surface area is 105 Å². The van der Waals surface area contributed by atoms with Crippen LogP contribution < -0.4 is 11.1 Å². The van der Waals surface area contributed by atoms with E-state index >= 15 is 0 Å². The van der Waals surface area contributed by atoms with Gasteiger partial charge in [0.1, 0.15) is 5.84 Å². The summed E-state index contributed by atoms with van der Waals surface area (Å²) in [5, 5.41) is 3.57. The Hall–Kier alpha value is -1.42. The van der Waals surface area contributed by atoms with Crippen molar-refractivity contribution in [3.63, 3.8) is 0 Å². The van der Waals surface area contributed by atoms with Crippen LogP contribution in [0.15, 0.2) is 40.2 Å².